The first-order valence-electron chi connectivity index (χ1n) is 6.22. The monoisotopic (exact) mass is 245 g/mol. The molecule has 17 heavy (non-hydrogen) atoms. The van der Waals surface area contributed by atoms with Gasteiger partial charge in [0.2, 0.25) is 0 Å². The normalized spacial score (nSPS) is 11.1. The second-order valence-electron chi connectivity index (χ2n) is 4.77. The van der Waals surface area contributed by atoms with Crippen LogP contribution in [0.3, 0.4) is 0 Å². The van der Waals surface area contributed by atoms with Gasteiger partial charge in [-0.05, 0) is 17.9 Å². The number of thiazole rings is 1. The minimum absolute atomic E-state index is 0.677. The van der Waals surface area contributed by atoms with Crippen molar-refractivity contribution >= 4 is 11.3 Å². The second kappa shape index (κ2) is 5.46. The Kier molecular flexibility index (Phi) is 3.95. The van der Waals surface area contributed by atoms with E-state index in [4.69, 9.17) is 4.98 Å². The van der Waals surface area contributed by atoms with Crippen molar-refractivity contribution in [1.29, 1.82) is 0 Å². The van der Waals surface area contributed by atoms with E-state index in [1.807, 2.05) is 0 Å². The quantitative estimate of drug-likeness (QED) is 0.769. The number of benzene rings is 1. The molecule has 0 atom stereocenters. The molecular formula is C15H19NS. The highest BCUT2D eigenvalue weighted by molar-refractivity contribution is 7.09. The number of rotatable bonds is 4. The van der Waals surface area contributed by atoms with Crippen LogP contribution in [0.4, 0.5) is 0 Å². The fourth-order valence-corrected chi connectivity index (χ4v) is 2.81. The van der Waals surface area contributed by atoms with E-state index < -0.39 is 0 Å². The Labute approximate surface area is 108 Å². The summed E-state index contributed by atoms with van der Waals surface area (Å²) in [5, 5.41) is 3.41. The highest BCUT2D eigenvalue weighted by atomic mass is 32.1. The maximum atomic E-state index is 4.69. The van der Waals surface area contributed by atoms with Crippen LogP contribution in [-0.4, -0.2) is 4.98 Å². The summed E-state index contributed by atoms with van der Waals surface area (Å²) in [6.45, 7) is 6.65. The number of hydrogen-bond donors (Lipinski definition) is 0. The van der Waals surface area contributed by atoms with Gasteiger partial charge in [-0.2, -0.15) is 0 Å². The molecule has 1 aromatic heterocycles. The molecule has 1 nitrogen and oxygen atoms in total. The number of nitrogens with zero attached hydrogens (tertiary/aromatic N) is 1. The first-order valence-corrected chi connectivity index (χ1v) is 7.10. The van der Waals surface area contributed by atoms with E-state index >= 15 is 0 Å². The van der Waals surface area contributed by atoms with E-state index in [0.29, 0.717) is 5.92 Å². The van der Waals surface area contributed by atoms with Gasteiger partial charge >= 0.3 is 0 Å². The molecule has 2 aromatic rings. The first kappa shape index (κ1) is 12.3. The van der Waals surface area contributed by atoms with Crippen LogP contribution in [0, 0.1) is 5.92 Å². The Bertz CT molecular complexity index is 468. The zero-order valence-corrected chi connectivity index (χ0v) is 11.6. The van der Waals surface area contributed by atoms with Gasteiger partial charge in [0.05, 0.1) is 10.7 Å². The Balaban J connectivity index is 2.18. The van der Waals surface area contributed by atoms with Crippen LogP contribution in [0.25, 0.3) is 11.3 Å². The van der Waals surface area contributed by atoms with Crippen LogP contribution >= 0.6 is 11.3 Å². The van der Waals surface area contributed by atoms with Crippen molar-refractivity contribution in [2.45, 2.75) is 33.6 Å². The van der Waals surface area contributed by atoms with Crippen LogP contribution in [0.1, 0.15) is 31.3 Å². The van der Waals surface area contributed by atoms with Crippen LogP contribution in [-0.2, 0) is 12.8 Å². The van der Waals surface area contributed by atoms with Crippen LogP contribution in [0.15, 0.2) is 29.6 Å². The standard InChI is InChI=1S/C15H19NS/c1-4-12-5-7-13(8-6-12)14-10-17-15(16-14)9-11(2)3/h5-8,10-11H,4,9H2,1-3H3. The summed E-state index contributed by atoms with van der Waals surface area (Å²) in [5.41, 5.74) is 3.73. The van der Waals surface area contributed by atoms with Crippen molar-refractivity contribution in [2.75, 3.05) is 0 Å². The lowest BCUT2D eigenvalue weighted by molar-refractivity contribution is 0.645. The van der Waals surface area contributed by atoms with Gasteiger partial charge in [0, 0.05) is 17.4 Å². The van der Waals surface area contributed by atoms with Gasteiger partial charge in [-0.3, -0.25) is 0 Å². The fourth-order valence-electron chi connectivity index (χ4n) is 1.80. The number of hydrogen-bond acceptors (Lipinski definition) is 2. The molecule has 0 N–H and O–H groups in total. The zero-order valence-electron chi connectivity index (χ0n) is 10.7. The van der Waals surface area contributed by atoms with Crippen molar-refractivity contribution in [1.82, 2.24) is 4.98 Å². The minimum atomic E-state index is 0.677. The van der Waals surface area contributed by atoms with E-state index in [1.54, 1.807) is 11.3 Å². The summed E-state index contributed by atoms with van der Waals surface area (Å²) in [6, 6.07) is 8.73. The topological polar surface area (TPSA) is 12.9 Å². The van der Waals surface area contributed by atoms with Crippen molar-refractivity contribution in [3.63, 3.8) is 0 Å². The molecule has 0 bridgehead atoms. The summed E-state index contributed by atoms with van der Waals surface area (Å²) in [5.74, 6) is 0.677. The second-order valence-corrected chi connectivity index (χ2v) is 5.72. The third-order valence-corrected chi connectivity index (χ3v) is 3.66. The van der Waals surface area contributed by atoms with Crippen molar-refractivity contribution in [3.05, 3.63) is 40.2 Å². The highest BCUT2D eigenvalue weighted by Gasteiger charge is 2.06. The lowest BCUT2D eigenvalue weighted by atomic mass is 10.1. The Morgan fingerprint density at radius 1 is 1.18 bits per heavy atom. The average molecular weight is 245 g/mol. The van der Waals surface area contributed by atoms with Crippen LogP contribution < -0.4 is 0 Å². The van der Waals surface area contributed by atoms with Crippen molar-refractivity contribution < 1.29 is 0 Å². The zero-order chi connectivity index (χ0) is 12.3. The largest absolute Gasteiger partial charge is 0.241 e. The van der Waals surface area contributed by atoms with Gasteiger partial charge in [-0.1, -0.05) is 45.0 Å². The average Bonchev–Trinajstić information content (AvgIpc) is 2.77. The minimum Gasteiger partial charge on any atom is -0.241 e. The van der Waals surface area contributed by atoms with Crippen molar-refractivity contribution in [3.8, 4) is 11.3 Å². The van der Waals surface area contributed by atoms with Crippen LogP contribution in [0.2, 0.25) is 0 Å². The molecule has 0 aliphatic heterocycles. The first-order chi connectivity index (χ1) is 8.19. The molecule has 0 aliphatic carbocycles. The summed E-state index contributed by atoms with van der Waals surface area (Å²) < 4.78 is 0. The molecule has 0 spiro atoms. The molecular weight excluding hydrogens is 226 g/mol. The molecule has 0 radical (unpaired) electrons. The predicted molar refractivity (Wildman–Crippen MR) is 75.5 cm³/mol. The van der Waals surface area contributed by atoms with E-state index in [9.17, 15) is 0 Å². The lowest BCUT2D eigenvalue weighted by Crippen LogP contribution is -1.92. The van der Waals surface area contributed by atoms with E-state index in [2.05, 4.69) is 50.4 Å². The fraction of sp³-hybridized carbons (Fsp3) is 0.400. The van der Waals surface area contributed by atoms with Crippen LogP contribution in [0.5, 0.6) is 0 Å². The molecule has 0 unspecified atom stereocenters. The predicted octanol–water partition coefficient (Wildman–Crippen LogP) is 4.57. The summed E-state index contributed by atoms with van der Waals surface area (Å²) in [4.78, 5) is 4.69. The molecule has 2 heteroatoms. The van der Waals surface area contributed by atoms with Gasteiger partial charge in [0.25, 0.3) is 0 Å². The van der Waals surface area contributed by atoms with Gasteiger partial charge in [0.15, 0.2) is 0 Å². The lowest BCUT2D eigenvalue weighted by Gasteiger charge is -2.00. The number of aromatic nitrogens is 1. The molecule has 1 heterocycles. The number of aryl methyl sites for hydroxylation is 1. The Morgan fingerprint density at radius 2 is 1.88 bits per heavy atom. The molecule has 0 fully saturated rings. The molecule has 2 rings (SSSR count). The van der Waals surface area contributed by atoms with Gasteiger partial charge in [0.1, 0.15) is 0 Å². The SMILES string of the molecule is CCc1ccc(-c2csc(CC(C)C)n2)cc1. The third-order valence-electron chi connectivity index (χ3n) is 2.79. The van der Waals surface area contributed by atoms with E-state index in [-0.39, 0.29) is 0 Å². The van der Waals surface area contributed by atoms with Gasteiger partial charge in [-0.25, -0.2) is 4.98 Å². The van der Waals surface area contributed by atoms with E-state index in [0.717, 1.165) is 18.5 Å². The maximum Gasteiger partial charge on any atom is 0.0935 e. The molecule has 0 saturated carbocycles. The molecule has 1 aromatic carbocycles. The third kappa shape index (κ3) is 3.16. The summed E-state index contributed by atoms with van der Waals surface area (Å²) >= 11 is 1.77. The van der Waals surface area contributed by atoms with Gasteiger partial charge in [-0.15, -0.1) is 11.3 Å². The highest BCUT2D eigenvalue weighted by Crippen LogP contribution is 2.23. The van der Waals surface area contributed by atoms with Crippen molar-refractivity contribution in [2.24, 2.45) is 5.92 Å². The Morgan fingerprint density at radius 3 is 2.47 bits per heavy atom. The molecule has 0 amide bonds. The summed E-state index contributed by atoms with van der Waals surface area (Å²) in [7, 11) is 0. The Hall–Kier alpha value is -1.15. The van der Waals surface area contributed by atoms with Gasteiger partial charge < -0.3 is 0 Å². The molecule has 0 aliphatic rings. The molecule has 90 valence electrons. The van der Waals surface area contributed by atoms with E-state index in [1.165, 1.54) is 16.1 Å². The molecule has 0 saturated heterocycles. The maximum absolute atomic E-state index is 4.69. The summed E-state index contributed by atoms with van der Waals surface area (Å²) in [6.07, 6.45) is 2.17. The smallest absolute Gasteiger partial charge is 0.0935 e.